The van der Waals surface area contributed by atoms with E-state index in [2.05, 4.69) is 62.6 Å². The van der Waals surface area contributed by atoms with Crippen molar-refractivity contribution in [1.82, 2.24) is 5.32 Å². The average molecular weight is 244 g/mol. The molecule has 2 heteroatoms. The van der Waals surface area contributed by atoms with Gasteiger partial charge in [-0.1, -0.05) is 32.0 Å². The smallest absolute Gasteiger partial charge is 0.0394 e. The molecule has 18 heavy (non-hydrogen) atoms. The summed E-state index contributed by atoms with van der Waals surface area (Å²) in [5.41, 5.74) is 3.35. The number of hydrogen-bond donors (Lipinski definition) is 2. The lowest BCUT2D eigenvalue weighted by Gasteiger charge is -2.33. The molecule has 0 radical (unpaired) electrons. The van der Waals surface area contributed by atoms with E-state index in [-0.39, 0.29) is 11.0 Å². The Morgan fingerprint density at radius 2 is 1.83 bits per heavy atom. The molecule has 1 aromatic carbocycles. The maximum Gasteiger partial charge on any atom is 0.0394 e. The summed E-state index contributed by atoms with van der Waals surface area (Å²) in [6.07, 6.45) is 1.20. The largest absolute Gasteiger partial charge is 0.381 e. The lowest BCUT2D eigenvalue weighted by molar-refractivity contribution is 0.286. The number of anilines is 1. The number of fused-ring (bicyclic) bond motifs is 3. The molecule has 2 N–H and O–H groups in total. The molecule has 1 fully saturated rings. The first-order valence-corrected chi connectivity index (χ1v) is 7.00. The van der Waals surface area contributed by atoms with Crippen LogP contribution in [0.3, 0.4) is 0 Å². The molecule has 3 rings (SSSR count). The van der Waals surface area contributed by atoms with Gasteiger partial charge in [-0.3, -0.25) is 0 Å². The summed E-state index contributed by atoms with van der Waals surface area (Å²) in [6.45, 7) is 10.5. The van der Waals surface area contributed by atoms with E-state index in [1.54, 1.807) is 0 Å². The molecule has 98 valence electrons. The number of benzene rings is 1. The van der Waals surface area contributed by atoms with E-state index in [1.807, 2.05) is 0 Å². The molecule has 1 aromatic rings. The van der Waals surface area contributed by atoms with Gasteiger partial charge in [-0.15, -0.1) is 0 Å². The SMILES string of the molecule is CC1(C)C[C@H]2c3ccccc3N[C@H]2C(C)(C)CN1. The Labute approximate surface area is 110 Å². The first-order chi connectivity index (χ1) is 8.39. The van der Waals surface area contributed by atoms with Gasteiger partial charge in [-0.2, -0.15) is 0 Å². The Morgan fingerprint density at radius 1 is 1.11 bits per heavy atom. The molecule has 0 saturated carbocycles. The Hall–Kier alpha value is -1.02. The lowest BCUT2D eigenvalue weighted by atomic mass is 9.75. The number of hydrogen-bond acceptors (Lipinski definition) is 2. The Balaban J connectivity index is 2.04. The van der Waals surface area contributed by atoms with Crippen molar-refractivity contribution in [2.45, 2.75) is 51.6 Å². The maximum atomic E-state index is 3.76. The summed E-state index contributed by atoms with van der Waals surface area (Å²) >= 11 is 0. The van der Waals surface area contributed by atoms with Gasteiger partial charge in [0.15, 0.2) is 0 Å². The third kappa shape index (κ3) is 1.83. The van der Waals surface area contributed by atoms with E-state index < -0.39 is 0 Å². The zero-order valence-corrected chi connectivity index (χ0v) is 11.9. The van der Waals surface area contributed by atoms with Gasteiger partial charge in [0.2, 0.25) is 0 Å². The zero-order valence-electron chi connectivity index (χ0n) is 11.9. The van der Waals surface area contributed by atoms with Gasteiger partial charge in [0.1, 0.15) is 0 Å². The molecule has 0 amide bonds. The number of rotatable bonds is 0. The Bertz CT molecular complexity index is 462. The lowest BCUT2D eigenvalue weighted by Crippen LogP contribution is -2.44. The minimum absolute atomic E-state index is 0.218. The van der Waals surface area contributed by atoms with Crippen LogP contribution in [-0.2, 0) is 0 Å². The molecule has 0 aliphatic carbocycles. The van der Waals surface area contributed by atoms with Crippen molar-refractivity contribution in [2.24, 2.45) is 5.41 Å². The highest BCUT2D eigenvalue weighted by Crippen LogP contribution is 2.48. The fourth-order valence-electron chi connectivity index (χ4n) is 3.57. The Morgan fingerprint density at radius 3 is 2.61 bits per heavy atom. The molecule has 0 spiro atoms. The maximum absolute atomic E-state index is 3.76. The highest BCUT2D eigenvalue weighted by atomic mass is 15.1. The molecule has 2 atom stereocenters. The van der Waals surface area contributed by atoms with Gasteiger partial charge in [-0.05, 0) is 37.3 Å². The minimum atomic E-state index is 0.218. The van der Waals surface area contributed by atoms with E-state index in [1.165, 1.54) is 17.7 Å². The molecular formula is C16H24N2. The van der Waals surface area contributed by atoms with E-state index >= 15 is 0 Å². The topological polar surface area (TPSA) is 24.1 Å². The van der Waals surface area contributed by atoms with Crippen molar-refractivity contribution in [2.75, 3.05) is 11.9 Å². The molecular weight excluding hydrogens is 220 g/mol. The number of nitrogens with one attached hydrogen (secondary N) is 2. The Kier molecular flexibility index (Phi) is 2.50. The van der Waals surface area contributed by atoms with Crippen LogP contribution in [0.4, 0.5) is 5.69 Å². The molecule has 2 nitrogen and oxygen atoms in total. The van der Waals surface area contributed by atoms with Gasteiger partial charge in [0, 0.05) is 29.7 Å². The first kappa shape index (κ1) is 12.0. The minimum Gasteiger partial charge on any atom is -0.381 e. The van der Waals surface area contributed by atoms with Gasteiger partial charge < -0.3 is 10.6 Å². The molecule has 2 aliphatic rings. The van der Waals surface area contributed by atoms with Crippen LogP contribution in [-0.4, -0.2) is 18.1 Å². The molecule has 1 saturated heterocycles. The summed E-state index contributed by atoms with van der Waals surface area (Å²) in [5.74, 6) is 0.626. The van der Waals surface area contributed by atoms with E-state index in [4.69, 9.17) is 0 Å². The average Bonchev–Trinajstić information content (AvgIpc) is 2.63. The molecule has 0 unspecified atom stereocenters. The quantitative estimate of drug-likeness (QED) is 0.731. The normalized spacial score (nSPS) is 32.0. The van der Waals surface area contributed by atoms with Crippen LogP contribution in [0.2, 0.25) is 0 Å². The predicted molar refractivity (Wildman–Crippen MR) is 77.1 cm³/mol. The van der Waals surface area contributed by atoms with Gasteiger partial charge in [0.05, 0.1) is 0 Å². The summed E-state index contributed by atoms with van der Waals surface area (Å²) < 4.78 is 0. The van der Waals surface area contributed by atoms with E-state index in [9.17, 15) is 0 Å². The van der Waals surface area contributed by atoms with E-state index in [0.717, 1.165) is 6.54 Å². The molecule has 2 aliphatic heterocycles. The van der Waals surface area contributed by atoms with Crippen molar-refractivity contribution >= 4 is 5.69 Å². The van der Waals surface area contributed by atoms with Crippen LogP contribution < -0.4 is 10.6 Å². The monoisotopic (exact) mass is 244 g/mol. The van der Waals surface area contributed by atoms with Crippen LogP contribution in [0.5, 0.6) is 0 Å². The molecule has 2 heterocycles. The van der Waals surface area contributed by atoms with Gasteiger partial charge in [-0.25, -0.2) is 0 Å². The summed E-state index contributed by atoms with van der Waals surface area (Å²) in [5, 5.41) is 7.49. The van der Waals surface area contributed by atoms with Crippen LogP contribution in [0.15, 0.2) is 24.3 Å². The predicted octanol–water partition coefficient (Wildman–Crippen LogP) is 3.36. The summed E-state index contributed by atoms with van der Waals surface area (Å²) in [6, 6.07) is 9.36. The third-order valence-corrected chi connectivity index (χ3v) is 4.67. The van der Waals surface area contributed by atoms with E-state index in [0.29, 0.717) is 12.0 Å². The fraction of sp³-hybridized carbons (Fsp3) is 0.625. The van der Waals surface area contributed by atoms with Crippen molar-refractivity contribution in [3.05, 3.63) is 29.8 Å². The van der Waals surface area contributed by atoms with Crippen molar-refractivity contribution in [3.8, 4) is 0 Å². The van der Waals surface area contributed by atoms with Crippen molar-refractivity contribution < 1.29 is 0 Å². The number of para-hydroxylation sites is 1. The second kappa shape index (κ2) is 3.74. The summed E-state index contributed by atoms with van der Waals surface area (Å²) in [4.78, 5) is 0. The van der Waals surface area contributed by atoms with Crippen molar-refractivity contribution in [3.63, 3.8) is 0 Å². The highest BCUT2D eigenvalue weighted by molar-refractivity contribution is 5.60. The van der Waals surface area contributed by atoms with Crippen LogP contribution in [0, 0.1) is 5.41 Å². The first-order valence-electron chi connectivity index (χ1n) is 7.00. The van der Waals surface area contributed by atoms with Gasteiger partial charge in [0.25, 0.3) is 0 Å². The summed E-state index contributed by atoms with van der Waals surface area (Å²) in [7, 11) is 0. The molecule has 0 bridgehead atoms. The van der Waals surface area contributed by atoms with Crippen LogP contribution in [0.25, 0.3) is 0 Å². The van der Waals surface area contributed by atoms with Crippen molar-refractivity contribution in [1.29, 1.82) is 0 Å². The van der Waals surface area contributed by atoms with Crippen LogP contribution >= 0.6 is 0 Å². The third-order valence-electron chi connectivity index (χ3n) is 4.67. The second-order valence-corrected chi connectivity index (χ2v) is 7.25. The van der Waals surface area contributed by atoms with Crippen LogP contribution in [0.1, 0.15) is 45.6 Å². The zero-order chi connectivity index (χ0) is 13.0. The molecule has 0 aromatic heterocycles. The fourth-order valence-corrected chi connectivity index (χ4v) is 3.57. The highest BCUT2D eigenvalue weighted by Gasteiger charge is 2.46. The van der Waals surface area contributed by atoms with Gasteiger partial charge >= 0.3 is 0 Å². The standard InChI is InChI=1S/C16H24N2/c1-15(2)10-17-16(3,4)9-12-11-7-5-6-8-13(11)18-14(12)15/h5-8,12,14,17-18H,9-10H2,1-4H3/t12-,14+/m0/s1. The second-order valence-electron chi connectivity index (χ2n) is 7.25.